The molecule has 0 aliphatic carbocycles. The lowest BCUT2D eigenvalue weighted by molar-refractivity contribution is 0.274. The summed E-state index contributed by atoms with van der Waals surface area (Å²) in [5.74, 6) is 2.09. The van der Waals surface area contributed by atoms with E-state index in [1.807, 2.05) is 11.8 Å². The van der Waals surface area contributed by atoms with Crippen molar-refractivity contribution in [2.24, 2.45) is 0 Å². The second kappa shape index (κ2) is 3.98. The first kappa shape index (κ1) is 8.08. The summed E-state index contributed by atoms with van der Waals surface area (Å²) in [5.41, 5.74) is 0. The minimum absolute atomic E-state index is 0.0590. The number of carbonyl (C=O) groups excluding carboxylic acids is 1. The first-order valence-corrected chi connectivity index (χ1v) is 4.73. The molecule has 2 nitrogen and oxygen atoms in total. The molecule has 10 heavy (non-hydrogen) atoms. The zero-order valence-electron chi connectivity index (χ0n) is 6.17. The predicted molar refractivity (Wildman–Crippen MR) is 44.1 cm³/mol. The summed E-state index contributed by atoms with van der Waals surface area (Å²) < 4.78 is 0. The minimum atomic E-state index is 0.0590. The molecule has 1 rings (SSSR count). The fourth-order valence-corrected chi connectivity index (χ4v) is 2.16. The van der Waals surface area contributed by atoms with Gasteiger partial charge < -0.3 is 0 Å². The van der Waals surface area contributed by atoms with Crippen molar-refractivity contribution < 1.29 is 4.79 Å². The van der Waals surface area contributed by atoms with E-state index in [4.69, 9.17) is 0 Å². The molecule has 1 atom stereocenters. The summed E-state index contributed by atoms with van der Waals surface area (Å²) >= 11 is 1.84. The van der Waals surface area contributed by atoms with Gasteiger partial charge in [0.25, 0.3) is 0 Å². The molecule has 0 aromatic rings. The van der Waals surface area contributed by atoms with Gasteiger partial charge in [0.1, 0.15) is 0 Å². The van der Waals surface area contributed by atoms with Gasteiger partial charge in [0.15, 0.2) is 0 Å². The van der Waals surface area contributed by atoms with E-state index in [0.717, 1.165) is 24.6 Å². The second-order valence-corrected chi connectivity index (χ2v) is 3.49. The molecule has 1 aliphatic rings. The number of hydrogen-bond acceptors (Lipinski definition) is 3. The van der Waals surface area contributed by atoms with Crippen molar-refractivity contribution in [3.63, 3.8) is 0 Å². The fourth-order valence-electron chi connectivity index (χ4n) is 1.13. The van der Waals surface area contributed by atoms with Crippen LogP contribution in [0.5, 0.6) is 0 Å². The highest BCUT2D eigenvalue weighted by atomic mass is 32.2. The molecular formula is C7H12NOS. The Morgan fingerprint density at radius 3 is 3.10 bits per heavy atom. The summed E-state index contributed by atoms with van der Waals surface area (Å²) in [5, 5.41) is 0. The molecule has 3 heteroatoms. The monoisotopic (exact) mass is 158 g/mol. The predicted octanol–water partition coefficient (Wildman–Crippen LogP) is 0.533. The molecule has 0 amide bonds. The fraction of sp³-hybridized carbons (Fsp3) is 0.857. The lowest BCUT2D eigenvalue weighted by atomic mass is 10.3. The molecule has 0 bridgehead atoms. The van der Waals surface area contributed by atoms with Crippen molar-refractivity contribution in [3.05, 3.63) is 0 Å². The van der Waals surface area contributed by atoms with Crippen molar-refractivity contribution in [1.82, 2.24) is 4.90 Å². The highest BCUT2D eigenvalue weighted by Gasteiger charge is 2.20. The minimum Gasteiger partial charge on any atom is -0.292 e. The molecule has 1 fully saturated rings. The molecular weight excluding hydrogens is 146 g/mol. The van der Waals surface area contributed by atoms with E-state index in [-0.39, 0.29) is 6.04 Å². The van der Waals surface area contributed by atoms with Gasteiger partial charge >= 0.3 is 0 Å². The Morgan fingerprint density at radius 2 is 2.60 bits per heavy atom. The Morgan fingerprint density at radius 1 is 1.80 bits per heavy atom. The first-order chi connectivity index (χ1) is 4.88. The third kappa shape index (κ3) is 1.73. The van der Waals surface area contributed by atoms with Crippen molar-refractivity contribution in [2.75, 3.05) is 24.6 Å². The Balaban J connectivity index is 2.41. The van der Waals surface area contributed by atoms with Crippen LogP contribution in [0.3, 0.4) is 0 Å². The zero-order chi connectivity index (χ0) is 7.40. The van der Waals surface area contributed by atoms with E-state index in [1.165, 1.54) is 0 Å². The number of likely N-dealkylation sites (N-methyl/N-ethyl adjacent to an activating group) is 1. The topological polar surface area (TPSA) is 20.3 Å². The van der Waals surface area contributed by atoms with Crippen LogP contribution in [0.15, 0.2) is 0 Å². The van der Waals surface area contributed by atoms with Crippen LogP contribution in [0.4, 0.5) is 0 Å². The molecule has 0 aromatic carbocycles. The maximum Gasteiger partial charge on any atom is 0.217 e. The van der Waals surface area contributed by atoms with Gasteiger partial charge in [-0.2, -0.15) is 11.8 Å². The summed E-state index contributed by atoms with van der Waals surface area (Å²) in [6, 6.07) is 0.0590. The maximum atomic E-state index is 10.3. The first-order valence-electron chi connectivity index (χ1n) is 3.58. The number of thioether (sulfide) groups is 1. The molecule has 57 valence electrons. The van der Waals surface area contributed by atoms with Gasteiger partial charge in [-0.1, -0.05) is 6.92 Å². The van der Waals surface area contributed by atoms with E-state index < -0.39 is 0 Å². The van der Waals surface area contributed by atoms with Gasteiger partial charge in [-0.3, -0.25) is 9.69 Å². The zero-order valence-corrected chi connectivity index (χ0v) is 6.99. The molecule has 1 unspecified atom stereocenters. The normalized spacial score (nSPS) is 28.3. The van der Waals surface area contributed by atoms with Gasteiger partial charge in [-0.05, 0) is 6.54 Å². The summed E-state index contributed by atoms with van der Waals surface area (Å²) in [7, 11) is 0. The summed E-state index contributed by atoms with van der Waals surface area (Å²) in [6.07, 6.45) is 2.06. The van der Waals surface area contributed by atoms with Gasteiger partial charge in [-0.15, -0.1) is 0 Å². The van der Waals surface area contributed by atoms with Crippen LogP contribution < -0.4 is 0 Å². The van der Waals surface area contributed by atoms with Gasteiger partial charge in [-0.25, -0.2) is 0 Å². The van der Waals surface area contributed by atoms with Gasteiger partial charge in [0.05, 0.1) is 6.04 Å². The lowest BCUT2D eigenvalue weighted by Crippen LogP contribution is -2.42. The van der Waals surface area contributed by atoms with E-state index in [1.54, 1.807) is 0 Å². The number of rotatable bonds is 2. The molecule has 0 saturated carbocycles. The van der Waals surface area contributed by atoms with Crippen LogP contribution in [0, 0.1) is 0 Å². The van der Waals surface area contributed by atoms with Gasteiger partial charge in [0, 0.05) is 18.1 Å². The molecule has 1 saturated heterocycles. The Bertz CT molecular complexity index is 118. The molecule has 1 radical (unpaired) electrons. The smallest absolute Gasteiger partial charge is 0.217 e. The lowest BCUT2D eigenvalue weighted by Gasteiger charge is -2.29. The molecule has 0 N–H and O–H groups in total. The van der Waals surface area contributed by atoms with E-state index in [2.05, 4.69) is 18.1 Å². The molecule has 1 heterocycles. The Hall–Kier alpha value is -0.0200. The van der Waals surface area contributed by atoms with Crippen LogP contribution >= 0.6 is 11.8 Å². The number of nitrogens with zero attached hydrogens (tertiary/aromatic N) is 1. The molecule has 1 aliphatic heterocycles. The van der Waals surface area contributed by atoms with Crippen molar-refractivity contribution >= 4 is 18.0 Å². The Kier molecular flexibility index (Phi) is 3.22. The standard InChI is InChI=1S/C7H12NOS/c1-2-8-3-4-10-6-7(8)5-9/h7H,2-4,6H2,1H3. The average Bonchev–Trinajstić information content (AvgIpc) is 2.04. The number of hydrogen-bond donors (Lipinski definition) is 0. The van der Waals surface area contributed by atoms with E-state index >= 15 is 0 Å². The second-order valence-electron chi connectivity index (χ2n) is 2.34. The third-order valence-corrected chi connectivity index (χ3v) is 2.80. The van der Waals surface area contributed by atoms with Crippen molar-refractivity contribution in [2.45, 2.75) is 13.0 Å². The maximum absolute atomic E-state index is 10.3. The van der Waals surface area contributed by atoms with Crippen LogP contribution in [-0.4, -0.2) is 41.8 Å². The Labute approximate surface area is 66.0 Å². The van der Waals surface area contributed by atoms with Crippen LogP contribution in [0.25, 0.3) is 0 Å². The highest BCUT2D eigenvalue weighted by Crippen LogP contribution is 2.13. The summed E-state index contributed by atoms with van der Waals surface area (Å²) in [4.78, 5) is 12.5. The van der Waals surface area contributed by atoms with Crippen LogP contribution in [0.1, 0.15) is 6.92 Å². The average molecular weight is 158 g/mol. The molecule has 0 spiro atoms. The highest BCUT2D eigenvalue weighted by molar-refractivity contribution is 7.99. The van der Waals surface area contributed by atoms with Gasteiger partial charge in [0.2, 0.25) is 6.29 Å². The van der Waals surface area contributed by atoms with Crippen molar-refractivity contribution in [1.29, 1.82) is 0 Å². The quantitative estimate of drug-likeness (QED) is 0.585. The largest absolute Gasteiger partial charge is 0.292 e. The van der Waals surface area contributed by atoms with E-state index in [9.17, 15) is 4.79 Å². The SMILES string of the molecule is CCN1CCSCC1[C]=O. The van der Waals surface area contributed by atoms with Crippen molar-refractivity contribution in [3.8, 4) is 0 Å². The van der Waals surface area contributed by atoms with Crippen LogP contribution in [0.2, 0.25) is 0 Å². The molecule has 0 aromatic heterocycles. The van der Waals surface area contributed by atoms with Crippen LogP contribution in [-0.2, 0) is 4.79 Å². The summed E-state index contributed by atoms with van der Waals surface area (Å²) in [6.45, 7) is 4.10. The van der Waals surface area contributed by atoms with E-state index in [0.29, 0.717) is 0 Å². The third-order valence-electron chi connectivity index (χ3n) is 1.78.